The highest BCUT2D eigenvalue weighted by Crippen LogP contribution is 2.26. The third-order valence-corrected chi connectivity index (χ3v) is 3.71. The second kappa shape index (κ2) is 4.37. The van der Waals surface area contributed by atoms with Crippen molar-refractivity contribution < 1.29 is 0 Å². The Labute approximate surface area is 120 Å². The Balaban J connectivity index is 1.73. The summed E-state index contributed by atoms with van der Waals surface area (Å²) in [5.41, 5.74) is 9.01. The number of anilines is 2. The van der Waals surface area contributed by atoms with Crippen molar-refractivity contribution in [3.05, 3.63) is 29.3 Å². The van der Waals surface area contributed by atoms with Crippen molar-refractivity contribution in [1.82, 2.24) is 30.1 Å². The van der Waals surface area contributed by atoms with E-state index in [9.17, 15) is 0 Å². The lowest BCUT2D eigenvalue weighted by molar-refractivity contribution is 0.703. The smallest absolute Gasteiger partial charge is 0.230 e. The van der Waals surface area contributed by atoms with Crippen LogP contribution in [0, 0.1) is 6.92 Å². The maximum atomic E-state index is 5.71. The predicted molar refractivity (Wildman–Crippen MR) is 77.6 cm³/mol. The minimum Gasteiger partial charge on any atom is -0.368 e. The number of hydrogen-bond donors (Lipinski definition) is 2. The molecule has 4 heterocycles. The van der Waals surface area contributed by atoms with Crippen LogP contribution in [0.1, 0.15) is 17.0 Å². The first-order valence-corrected chi connectivity index (χ1v) is 6.73. The molecule has 0 amide bonds. The quantitative estimate of drug-likeness (QED) is 0.672. The average Bonchev–Trinajstić information content (AvgIpc) is 2.94. The molecule has 1 aliphatic rings. The molecule has 8 heteroatoms. The Morgan fingerprint density at radius 1 is 1.24 bits per heavy atom. The zero-order chi connectivity index (χ0) is 14.4. The summed E-state index contributed by atoms with van der Waals surface area (Å²) in [6, 6.07) is 0. The first-order chi connectivity index (χ1) is 10.2. The van der Waals surface area contributed by atoms with E-state index in [1.807, 2.05) is 19.3 Å². The summed E-state index contributed by atoms with van der Waals surface area (Å²) in [7, 11) is 0. The predicted octanol–water partition coefficient (Wildman–Crippen LogP) is 0.596. The minimum atomic E-state index is 0.256. The van der Waals surface area contributed by atoms with E-state index in [1.165, 1.54) is 11.1 Å². The molecule has 106 valence electrons. The normalized spacial score (nSPS) is 14.4. The Kier molecular flexibility index (Phi) is 2.50. The van der Waals surface area contributed by atoms with Crippen LogP contribution in [0.15, 0.2) is 12.4 Å². The number of nitrogens with zero attached hydrogens (tertiary/aromatic N) is 6. The molecule has 3 aromatic rings. The average molecular weight is 282 g/mol. The number of pyridine rings is 1. The van der Waals surface area contributed by atoms with E-state index in [0.717, 1.165) is 24.0 Å². The van der Waals surface area contributed by atoms with Gasteiger partial charge < -0.3 is 10.6 Å². The molecule has 0 atom stereocenters. The van der Waals surface area contributed by atoms with Gasteiger partial charge in [0.15, 0.2) is 5.65 Å². The number of aromatic nitrogens is 6. The van der Waals surface area contributed by atoms with Gasteiger partial charge in [0.2, 0.25) is 11.9 Å². The Hall–Kier alpha value is -2.77. The van der Waals surface area contributed by atoms with E-state index in [0.29, 0.717) is 18.3 Å². The zero-order valence-corrected chi connectivity index (χ0v) is 11.5. The molecule has 21 heavy (non-hydrogen) atoms. The van der Waals surface area contributed by atoms with Crippen LogP contribution < -0.4 is 10.6 Å². The number of fused-ring (bicyclic) bond motifs is 3. The van der Waals surface area contributed by atoms with E-state index < -0.39 is 0 Å². The van der Waals surface area contributed by atoms with Gasteiger partial charge in [0.1, 0.15) is 5.82 Å². The number of rotatable bonds is 1. The molecule has 0 aliphatic carbocycles. The first-order valence-electron chi connectivity index (χ1n) is 6.73. The summed E-state index contributed by atoms with van der Waals surface area (Å²) in [6.45, 7) is 3.36. The molecule has 4 rings (SSSR count). The van der Waals surface area contributed by atoms with Gasteiger partial charge in [0.05, 0.1) is 6.20 Å². The molecule has 1 aliphatic heterocycles. The van der Waals surface area contributed by atoms with Crippen molar-refractivity contribution in [2.45, 2.75) is 19.9 Å². The van der Waals surface area contributed by atoms with Crippen molar-refractivity contribution in [3.8, 4) is 0 Å². The van der Waals surface area contributed by atoms with Crippen LogP contribution in [-0.4, -0.2) is 36.7 Å². The fourth-order valence-corrected chi connectivity index (χ4v) is 2.75. The molecule has 3 aromatic heterocycles. The maximum absolute atomic E-state index is 5.71. The molecule has 3 N–H and O–H groups in total. The zero-order valence-electron chi connectivity index (χ0n) is 11.5. The molecule has 0 saturated heterocycles. The summed E-state index contributed by atoms with van der Waals surface area (Å²) in [5.74, 6) is 1.51. The van der Waals surface area contributed by atoms with Crippen LogP contribution in [0.4, 0.5) is 11.9 Å². The fraction of sp³-hybridized carbons (Fsp3) is 0.308. The lowest BCUT2D eigenvalue weighted by atomic mass is 9.99. The van der Waals surface area contributed by atoms with E-state index in [4.69, 9.17) is 5.73 Å². The van der Waals surface area contributed by atoms with Crippen molar-refractivity contribution in [1.29, 1.82) is 0 Å². The Morgan fingerprint density at radius 3 is 3.00 bits per heavy atom. The van der Waals surface area contributed by atoms with Gasteiger partial charge in [-0.25, -0.2) is 4.98 Å². The minimum absolute atomic E-state index is 0.256. The van der Waals surface area contributed by atoms with Gasteiger partial charge in [-0.15, -0.1) is 0 Å². The molecule has 0 aromatic carbocycles. The molecule has 0 bridgehead atoms. The van der Waals surface area contributed by atoms with Gasteiger partial charge in [-0.3, -0.25) is 5.10 Å². The monoisotopic (exact) mass is 282 g/mol. The maximum Gasteiger partial charge on any atom is 0.230 e. The summed E-state index contributed by atoms with van der Waals surface area (Å²) in [4.78, 5) is 19.1. The van der Waals surface area contributed by atoms with E-state index in [2.05, 4.69) is 35.0 Å². The van der Waals surface area contributed by atoms with Gasteiger partial charge in [0.25, 0.3) is 0 Å². The second-order valence-corrected chi connectivity index (χ2v) is 5.11. The van der Waals surface area contributed by atoms with Gasteiger partial charge in [0, 0.05) is 24.7 Å². The second-order valence-electron chi connectivity index (χ2n) is 5.11. The number of nitrogens with two attached hydrogens (primary N) is 1. The summed E-state index contributed by atoms with van der Waals surface area (Å²) in [6.07, 6.45) is 4.62. The highest BCUT2D eigenvalue weighted by atomic mass is 15.3. The summed E-state index contributed by atoms with van der Waals surface area (Å²) in [5, 5.41) is 8.06. The number of aromatic amines is 1. The summed E-state index contributed by atoms with van der Waals surface area (Å²) >= 11 is 0. The van der Waals surface area contributed by atoms with Crippen LogP contribution in [0.3, 0.4) is 0 Å². The lowest BCUT2D eigenvalue weighted by Gasteiger charge is -2.28. The Morgan fingerprint density at radius 2 is 2.14 bits per heavy atom. The van der Waals surface area contributed by atoms with Gasteiger partial charge >= 0.3 is 0 Å². The molecule has 0 saturated carbocycles. The molecular weight excluding hydrogens is 268 g/mol. The third-order valence-electron chi connectivity index (χ3n) is 3.71. The highest BCUT2D eigenvalue weighted by molar-refractivity contribution is 5.79. The number of nitrogen functional groups attached to an aromatic ring is 1. The van der Waals surface area contributed by atoms with Crippen LogP contribution in [0.5, 0.6) is 0 Å². The standard InChI is InChI=1S/C13H14N8/c1-7-17-12(14)19-13(18-7)21-3-2-9-8(6-21)4-15-11-10(9)5-16-20-11/h4-5H,2-3,6H2,1H3,(H,15,16,20)(H2,14,17,18,19). The number of hydrogen-bond acceptors (Lipinski definition) is 7. The molecule has 0 unspecified atom stereocenters. The van der Waals surface area contributed by atoms with Crippen molar-refractivity contribution in [3.63, 3.8) is 0 Å². The molecule has 0 radical (unpaired) electrons. The van der Waals surface area contributed by atoms with E-state index in [-0.39, 0.29) is 5.95 Å². The topological polar surface area (TPSA) is 110 Å². The molecular formula is C13H14N8. The molecule has 0 spiro atoms. The van der Waals surface area contributed by atoms with Crippen molar-refractivity contribution in [2.75, 3.05) is 17.2 Å². The van der Waals surface area contributed by atoms with Crippen molar-refractivity contribution >= 4 is 22.9 Å². The largest absolute Gasteiger partial charge is 0.368 e. The van der Waals surface area contributed by atoms with Crippen LogP contribution in [0.2, 0.25) is 0 Å². The van der Waals surface area contributed by atoms with E-state index in [1.54, 1.807) is 0 Å². The van der Waals surface area contributed by atoms with Crippen LogP contribution in [0.25, 0.3) is 11.0 Å². The Bertz CT molecular complexity index is 804. The van der Waals surface area contributed by atoms with Crippen molar-refractivity contribution in [2.24, 2.45) is 0 Å². The van der Waals surface area contributed by atoms with Gasteiger partial charge in [-0.2, -0.15) is 20.1 Å². The van der Waals surface area contributed by atoms with Crippen LogP contribution >= 0.6 is 0 Å². The lowest BCUT2D eigenvalue weighted by Crippen LogP contribution is -2.32. The SMILES string of the molecule is Cc1nc(N)nc(N2CCc3c(cnc4[nH]ncc34)C2)n1. The number of aryl methyl sites for hydroxylation is 1. The molecule has 0 fully saturated rings. The first kappa shape index (κ1) is 12.0. The summed E-state index contributed by atoms with van der Waals surface area (Å²) < 4.78 is 0. The number of H-pyrrole nitrogens is 1. The highest BCUT2D eigenvalue weighted by Gasteiger charge is 2.21. The molecule has 8 nitrogen and oxygen atoms in total. The van der Waals surface area contributed by atoms with Gasteiger partial charge in [-0.05, 0) is 24.5 Å². The van der Waals surface area contributed by atoms with E-state index >= 15 is 0 Å². The fourth-order valence-electron chi connectivity index (χ4n) is 2.75. The van der Waals surface area contributed by atoms with Crippen LogP contribution in [-0.2, 0) is 13.0 Å². The van der Waals surface area contributed by atoms with Gasteiger partial charge in [-0.1, -0.05) is 0 Å². The third kappa shape index (κ3) is 1.95. The number of nitrogens with one attached hydrogen (secondary N) is 1.